The van der Waals surface area contributed by atoms with Gasteiger partial charge in [0.15, 0.2) is 0 Å². The second-order valence-corrected chi connectivity index (χ2v) is 5.26. The van der Waals surface area contributed by atoms with E-state index in [9.17, 15) is 0 Å². The third-order valence-corrected chi connectivity index (χ3v) is 3.54. The summed E-state index contributed by atoms with van der Waals surface area (Å²) in [6.45, 7) is 3.29. The number of nitrogens with zero attached hydrogens (tertiary/aromatic N) is 3. The number of aromatic nitrogens is 2. The van der Waals surface area contributed by atoms with Crippen molar-refractivity contribution in [2.45, 2.75) is 12.0 Å². The van der Waals surface area contributed by atoms with Crippen LogP contribution in [0.3, 0.4) is 0 Å². The molecule has 0 aliphatic carbocycles. The molecular formula is C9H11IN4. The lowest BCUT2D eigenvalue weighted by Gasteiger charge is -2.56. The average molecular weight is 302 g/mol. The van der Waals surface area contributed by atoms with Gasteiger partial charge in [-0.05, 0) is 35.6 Å². The van der Waals surface area contributed by atoms with Crippen molar-refractivity contribution in [2.75, 3.05) is 24.5 Å². The standard InChI is InChI=1S/C9H11IN4/c10-7-3-11-8(12-4-7)14-5-9(6-14)1-2-13-9/h3-4,13H,1-2,5-6H2. The van der Waals surface area contributed by atoms with Crippen LogP contribution in [0.1, 0.15) is 6.42 Å². The minimum atomic E-state index is 0.409. The zero-order chi connectivity index (χ0) is 9.60. The molecule has 0 bridgehead atoms. The van der Waals surface area contributed by atoms with E-state index < -0.39 is 0 Å². The number of nitrogens with one attached hydrogen (secondary N) is 1. The lowest BCUT2D eigenvalue weighted by atomic mass is 9.80. The number of halogens is 1. The SMILES string of the molecule is Ic1cnc(N2CC3(CCN3)C2)nc1. The van der Waals surface area contributed by atoms with Crippen molar-refractivity contribution in [1.82, 2.24) is 15.3 Å². The van der Waals surface area contributed by atoms with Crippen molar-refractivity contribution in [3.8, 4) is 0 Å². The summed E-state index contributed by atoms with van der Waals surface area (Å²) in [5.41, 5.74) is 0.409. The second-order valence-electron chi connectivity index (χ2n) is 4.01. The zero-order valence-corrected chi connectivity index (χ0v) is 9.86. The maximum atomic E-state index is 4.30. The van der Waals surface area contributed by atoms with E-state index in [2.05, 4.69) is 42.8 Å². The summed E-state index contributed by atoms with van der Waals surface area (Å²) in [7, 11) is 0. The van der Waals surface area contributed by atoms with Gasteiger partial charge in [0, 0.05) is 29.1 Å². The summed E-state index contributed by atoms with van der Waals surface area (Å²) in [5.74, 6) is 0.866. The van der Waals surface area contributed by atoms with E-state index in [-0.39, 0.29) is 0 Å². The molecule has 0 atom stereocenters. The quantitative estimate of drug-likeness (QED) is 0.773. The third kappa shape index (κ3) is 1.30. The first-order chi connectivity index (χ1) is 6.77. The van der Waals surface area contributed by atoms with Gasteiger partial charge in [0.25, 0.3) is 0 Å². The molecule has 0 unspecified atom stereocenters. The van der Waals surface area contributed by atoms with E-state index in [1.165, 1.54) is 13.0 Å². The minimum absolute atomic E-state index is 0.409. The average Bonchev–Trinajstić information content (AvgIpc) is 2.03. The topological polar surface area (TPSA) is 41.1 Å². The molecule has 0 saturated carbocycles. The number of hydrogen-bond acceptors (Lipinski definition) is 4. The van der Waals surface area contributed by atoms with Gasteiger partial charge < -0.3 is 10.2 Å². The summed E-state index contributed by atoms with van der Waals surface area (Å²) in [5, 5.41) is 3.47. The highest BCUT2D eigenvalue weighted by atomic mass is 127. The molecule has 1 aromatic heterocycles. The van der Waals surface area contributed by atoms with E-state index >= 15 is 0 Å². The van der Waals surface area contributed by atoms with E-state index in [1.807, 2.05) is 12.4 Å². The highest BCUT2D eigenvalue weighted by molar-refractivity contribution is 14.1. The lowest BCUT2D eigenvalue weighted by molar-refractivity contribution is 0.157. The van der Waals surface area contributed by atoms with Crippen LogP contribution in [0.25, 0.3) is 0 Å². The highest BCUT2D eigenvalue weighted by Gasteiger charge is 2.47. The van der Waals surface area contributed by atoms with Crippen LogP contribution in [-0.2, 0) is 0 Å². The Hall–Kier alpha value is -0.430. The van der Waals surface area contributed by atoms with Crippen LogP contribution < -0.4 is 10.2 Å². The molecule has 4 nitrogen and oxygen atoms in total. The monoisotopic (exact) mass is 302 g/mol. The molecule has 2 fully saturated rings. The smallest absolute Gasteiger partial charge is 0.225 e. The van der Waals surface area contributed by atoms with Crippen LogP contribution >= 0.6 is 22.6 Å². The van der Waals surface area contributed by atoms with Gasteiger partial charge in [0.1, 0.15) is 0 Å². The summed E-state index contributed by atoms with van der Waals surface area (Å²) >= 11 is 2.22. The molecule has 1 spiro atoms. The van der Waals surface area contributed by atoms with Crippen molar-refractivity contribution in [3.63, 3.8) is 0 Å². The normalized spacial score (nSPS) is 23.1. The van der Waals surface area contributed by atoms with Gasteiger partial charge in [0.05, 0.1) is 5.54 Å². The fraction of sp³-hybridized carbons (Fsp3) is 0.556. The summed E-state index contributed by atoms with van der Waals surface area (Å²) in [4.78, 5) is 10.8. The molecule has 14 heavy (non-hydrogen) atoms. The summed E-state index contributed by atoms with van der Waals surface area (Å²) in [6.07, 6.45) is 5.03. The number of rotatable bonds is 1. The van der Waals surface area contributed by atoms with Crippen LogP contribution in [0.15, 0.2) is 12.4 Å². The van der Waals surface area contributed by atoms with Gasteiger partial charge >= 0.3 is 0 Å². The fourth-order valence-corrected chi connectivity index (χ4v) is 2.32. The van der Waals surface area contributed by atoms with Crippen molar-refractivity contribution in [2.24, 2.45) is 0 Å². The molecular weight excluding hydrogens is 291 g/mol. The summed E-state index contributed by atoms with van der Waals surface area (Å²) < 4.78 is 1.09. The van der Waals surface area contributed by atoms with Gasteiger partial charge in [-0.25, -0.2) is 9.97 Å². The molecule has 74 valence electrons. The Morgan fingerprint density at radius 2 is 2.00 bits per heavy atom. The van der Waals surface area contributed by atoms with Crippen LogP contribution in [-0.4, -0.2) is 35.1 Å². The van der Waals surface area contributed by atoms with Crippen molar-refractivity contribution >= 4 is 28.5 Å². The first-order valence-corrected chi connectivity index (χ1v) is 5.83. The molecule has 1 aromatic rings. The Balaban J connectivity index is 1.70. The molecule has 3 heterocycles. The summed E-state index contributed by atoms with van der Waals surface area (Å²) in [6, 6.07) is 0. The largest absolute Gasteiger partial charge is 0.337 e. The maximum absolute atomic E-state index is 4.30. The molecule has 3 rings (SSSR count). The maximum Gasteiger partial charge on any atom is 0.225 e. The van der Waals surface area contributed by atoms with Gasteiger partial charge in [0.2, 0.25) is 5.95 Å². The second kappa shape index (κ2) is 3.03. The van der Waals surface area contributed by atoms with Gasteiger partial charge in [-0.15, -0.1) is 0 Å². The molecule has 1 N–H and O–H groups in total. The minimum Gasteiger partial charge on any atom is -0.337 e. The van der Waals surface area contributed by atoms with E-state index in [0.717, 1.165) is 22.6 Å². The Labute approximate surface area is 96.3 Å². The lowest BCUT2D eigenvalue weighted by Crippen LogP contribution is -2.76. The molecule has 0 radical (unpaired) electrons. The molecule has 0 amide bonds. The van der Waals surface area contributed by atoms with Crippen molar-refractivity contribution in [3.05, 3.63) is 16.0 Å². The van der Waals surface area contributed by atoms with Crippen LogP contribution in [0.2, 0.25) is 0 Å². The zero-order valence-electron chi connectivity index (χ0n) is 7.70. The van der Waals surface area contributed by atoms with E-state index in [0.29, 0.717) is 5.54 Å². The Morgan fingerprint density at radius 1 is 1.36 bits per heavy atom. The van der Waals surface area contributed by atoms with Crippen LogP contribution in [0.4, 0.5) is 5.95 Å². The Bertz CT molecular complexity index is 338. The van der Waals surface area contributed by atoms with Gasteiger partial charge in [-0.1, -0.05) is 0 Å². The van der Waals surface area contributed by atoms with E-state index in [4.69, 9.17) is 0 Å². The number of anilines is 1. The van der Waals surface area contributed by atoms with Crippen molar-refractivity contribution < 1.29 is 0 Å². The molecule has 2 aliphatic rings. The first kappa shape index (κ1) is 8.84. The predicted octanol–water partition coefficient (Wildman–Crippen LogP) is 0.633. The first-order valence-electron chi connectivity index (χ1n) is 4.75. The predicted molar refractivity (Wildman–Crippen MR) is 62.3 cm³/mol. The van der Waals surface area contributed by atoms with Gasteiger partial charge in [-0.2, -0.15) is 0 Å². The molecule has 0 aromatic carbocycles. The van der Waals surface area contributed by atoms with E-state index in [1.54, 1.807) is 0 Å². The Morgan fingerprint density at radius 3 is 2.50 bits per heavy atom. The van der Waals surface area contributed by atoms with Gasteiger partial charge in [-0.3, -0.25) is 0 Å². The third-order valence-electron chi connectivity index (χ3n) is 2.98. The molecule has 2 aliphatic heterocycles. The molecule has 5 heteroatoms. The van der Waals surface area contributed by atoms with Crippen molar-refractivity contribution in [1.29, 1.82) is 0 Å². The van der Waals surface area contributed by atoms with Crippen LogP contribution in [0.5, 0.6) is 0 Å². The Kier molecular flexibility index (Phi) is 1.91. The number of hydrogen-bond donors (Lipinski definition) is 1. The van der Waals surface area contributed by atoms with Crippen LogP contribution in [0, 0.1) is 3.57 Å². The molecule has 2 saturated heterocycles. The fourth-order valence-electron chi connectivity index (χ4n) is 2.04. The highest BCUT2D eigenvalue weighted by Crippen LogP contribution is 2.31.